The fraction of sp³-hybridized carbons (Fsp3) is 0.714. The summed E-state index contributed by atoms with van der Waals surface area (Å²) in [6.45, 7) is 2.01. The second-order valence-electron chi connectivity index (χ2n) is 2.75. The van der Waals surface area contributed by atoms with Gasteiger partial charge in [-0.2, -0.15) is 0 Å². The molecule has 0 heterocycles. The van der Waals surface area contributed by atoms with Gasteiger partial charge in [0.25, 0.3) is 0 Å². The Morgan fingerprint density at radius 1 is 1.60 bits per heavy atom. The van der Waals surface area contributed by atoms with Crippen LogP contribution in [-0.2, 0) is 0 Å². The van der Waals surface area contributed by atoms with Gasteiger partial charge in [0.1, 0.15) is 6.11 Å². The quantitative estimate of drug-likeness (QED) is 0.448. The largest absolute Gasteiger partial charge is 0.462 e. The van der Waals surface area contributed by atoms with Gasteiger partial charge in [0.05, 0.1) is 0 Å². The van der Waals surface area contributed by atoms with Gasteiger partial charge in [-0.05, 0) is 20.4 Å². The second kappa shape index (κ2) is 5.19. The summed E-state index contributed by atoms with van der Waals surface area (Å²) in [5.41, 5.74) is 0. The molecule has 1 atom stereocenters. The van der Waals surface area contributed by atoms with Crippen molar-refractivity contribution in [1.29, 1.82) is 0 Å². The van der Waals surface area contributed by atoms with Gasteiger partial charge in [0.15, 0.2) is 0 Å². The number of rotatable bonds is 3. The first-order valence-corrected chi connectivity index (χ1v) is 3.46. The maximum Gasteiger partial charge on any atom is 0.204 e. The predicted octanol–water partition coefficient (Wildman–Crippen LogP) is 0.287. The SMILES string of the molecule is CC(C#CO)CBN(C)C. The molecule has 0 amide bonds. The summed E-state index contributed by atoms with van der Waals surface area (Å²) >= 11 is 0. The fourth-order valence-corrected chi connectivity index (χ4v) is 0.634. The fourth-order valence-electron chi connectivity index (χ4n) is 0.634. The lowest BCUT2D eigenvalue weighted by molar-refractivity contribution is 0.514. The zero-order chi connectivity index (χ0) is 7.98. The summed E-state index contributed by atoms with van der Waals surface area (Å²) in [4.78, 5) is 2.11. The van der Waals surface area contributed by atoms with Crippen molar-refractivity contribution in [1.82, 2.24) is 4.81 Å². The van der Waals surface area contributed by atoms with Crippen LogP contribution in [0.4, 0.5) is 0 Å². The van der Waals surface area contributed by atoms with Gasteiger partial charge in [0.2, 0.25) is 7.41 Å². The number of hydrogen-bond donors (Lipinski definition) is 1. The van der Waals surface area contributed by atoms with Crippen LogP contribution < -0.4 is 0 Å². The van der Waals surface area contributed by atoms with Crippen molar-refractivity contribution in [3.63, 3.8) is 0 Å². The Morgan fingerprint density at radius 3 is 2.60 bits per heavy atom. The minimum Gasteiger partial charge on any atom is -0.462 e. The Kier molecular flexibility index (Phi) is 4.87. The predicted molar refractivity (Wildman–Crippen MR) is 44.5 cm³/mol. The molecule has 0 aromatic carbocycles. The Labute approximate surface area is 63.5 Å². The molecular weight excluding hydrogens is 125 g/mol. The highest BCUT2D eigenvalue weighted by molar-refractivity contribution is 6.31. The monoisotopic (exact) mass is 139 g/mol. The Morgan fingerprint density at radius 2 is 2.20 bits per heavy atom. The molecule has 1 unspecified atom stereocenters. The van der Waals surface area contributed by atoms with Crippen molar-refractivity contribution in [2.45, 2.75) is 13.2 Å². The van der Waals surface area contributed by atoms with Crippen LogP contribution in [0.5, 0.6) is 0 Å². The molecule has 0 aliphatic carbocycles. The van der Waals surface area contributed by atoms with Crippen LogP contribution in [-0.4, -0.2) is 31.4 Å². The molecule has 0 fully saturated rings. The number of aliphatic hydroxyl groups is 1. The second-order valence-corrected chi connectivity index (χ2v) is 2.75. The van der Waals surface area contributed by atoms with Gasteiger partial charge in [0, 0.05) is 5.92 Å². The van der Waals surface area contributed by atoms with Crippen molar-refractivity contribution in [3.05, 3.63) is 0 Å². The molecule has 0 aromatic rings. The van der Waals surface area contributed by atoms with Crippen LogP contribution in [0.3, 0.4) is 0 Å². The van der Waals surface area contributed by atoms with E-state index in [2.05, 4.69) is 10.7 Å². The third kappa shape index (κ3) is 5.52. The van der Waals surface area contributed by atoms with E-state index in [0.29, 0.717) is 5.92 Å². The van der Waals surface area contributed by atoms with Crippen molar-refractivity contribution in [2.24, 2.45) is 5.92 Å². The van der Waals surface area contributed by atoms with Crippen LogP contribution in [0.2, 0.25) is 6.32 Å². The van der Waals surface area contributed by atoms with Crippen LogP contribution in [0.1, 0.15) is 6.92 Å². The molecule has 0 rings (SSSR count). The van der Waals surface area contributed by atoms with E-state index in [0.717, 1.165) is 13.7 Å². The van der Waals surface area contributed by atoms with Crippen LogP contribution in [0.15, 0.2) is 0 Å². The molecule has 0 aromatic heterocycles. The Hall–Kier alpha value is -0.615. The third-order valence-corrected chi connectivity index (χ3v) is 1.32. The summed E-state index contributed by atoms with van der Waals surface area (Å²) in [5, 5.41) is 8.23. The highest BCUT2D eigenvalue weighted by atomic mass is 16.2. The molecule has 1 N–H and O–H groups in total. The number of nitrogens with zero attached hydrogens (tertiary/aromatic N) is 1. The van der Waals surface area contributed by atoms with Gasteiger partial charge in [-0.1, -0.05) is 12.8 Å². The number of aliphatic hydroxyl groups excluding tert-OH is 1. The minimum atomic E-state index is 0.299. The van der Waals surface area contributed by atoms with Crippen LogP contribution in [0, 0.1) is 17.9 Å². The number of hydrogen-bond acceptors (Lipinski definition) is 2. The summed E-state index contributed by atoms with van der Waals surface area (Å²) in [6.07, 6.45) is 2.94. The normalized spacial score (nSPS) is 12.0. The lowest BCUT2D eigenvalue weighted by Crippen LogP contribution is -2.18. The lowest BCUT2D eigenvalue weighted by Gasteiger charge is -2.07. The molecule has 56 valence electrons. The molecule has 0 bridgehead atoms. The van der Waals surface area contributed by atoms with Gasteiger partial charge in [-0.3, -0.25) is 0 Å². The standard InChI is InChI=1S/C7H14BNO/c1-7(4-5-10)6-8-9(2)3/h7-8,10H,6H2,1-3H3. The van der Waals surface area contributed by atoms with E-state index in [1.54, 1.807) is 0 Å². The maximum atomic E-state index is 8.23. The third-order valence-electron chi connectivity index (χ3n) is 1.32. The van der Waals surface area contributed by atoms with E-state index in [1.807, 2.05) is 27.1 Å². The maximum absolute atomic E-state index is 8.23. The van der Waals surface area contributed by atoms with Gasteiger partial charge >= 0.3 is 0 Å². The van der Waals surface area contributed by atoms with Crippen molar-refractivity contribution < 1.29 is 5.11 Å². The van der Waals surface area contributed by atoms with Crippen LogP contribution >= 0.6 is 0 Å². The summed E-state index contributed by atoms with van der Waals surface area (Å²) in [5.74, 6) is 2.98. The van der Waals surface area contributed by atoms with E-state index in [1.165, 1.54) is 0 Å². The average Bonchev–Trinajstić information content (AvgIpc) is 1.85. The van der Waals surface area contributed by atoms with Crippen LogP contribution in [0.25, 0.3) is 0 Å². The van der Waals surface area contributed by atoms with E-state index in [9.17, 15) is 0 Å². The van der Waals surface area contributed by atoms with Gasteiger partial charge in [-0.15, -0.1) is 0 Å². The molecule has 0 spiro atoms. The highest BCUT2D eigenvalue weighted by Crippen LogP contribution is 1.98. The molecule has 0 saturated heterocycles. The van der Waals surface area contributed by atoms with Crippen molar-refractivity contribution in [3.8, 4) is 12.0 Å². The smallest absolute Gasteiger partial charge is 0.204 e. The van der Waals surface area contributed by atoms with Crippen molar-refractivity contribution in [2.75, 3.05) is 14.1 Å². The minimum absolute atomic E-state index is 0.299. The molecule has 0 aliphatic rings. The lowest BCUT2D eigenvalue weighted by atomic mass is 9.80. The summed E-state index contributed by atoms with van der Waals surface area (Å²) < 4.78 is 0. The topological polar surface area (TPSA) is 23.5 Å². The molecule has 10 heavy (non-hydrogen) atoms. The zero-order valence-electron chi connectivity index (χ0n) is 6.89. The Bertz CT molecular complexity index is 136. The van der Waals surface area contributed by atoms with E-state index in [-0.39, 0.29) is 0 Å². The van der Waals surface area contributed by atoms with Gasteiger partial charge < -0.3 is 9.92 Å². The summed E-state index contributed by atoms with van der Waals surface area (Å²) in [6, 6.07) is 0. The summed E-state index contributed by atoms with van der Waals surface area (Å²) in [7, 11) is 5.08. The van der Waals surface area contributed by atoms with E-state index >= 15 is 0 Å². The van der Waals surface area contributed by atoms with E-state index in [4.69, 9.17) is 5.11 Å². The molecular formula is C7H14BNO. The first-order chi connectivity index (χ1) is 4.66. The van der Waals surface area contributed by atoms with Crippen molar-refractivity contribution >= 4 is 7.41 Å². The Balaban J connectivity index is 3.36. The average molecular weight is 139 g/mol. The first-order valence-electron chi connectivity index (χ1n) is 3.46. The zero-order valence-corrected chi connectivity index (χ0v) is 6.89. The molecule has 2 nitrogen and oxygen atoms in total. The first kappa shape index (κ1) is 9.38. The molecule has 0 saturated carbocycles. The molecule has 3 heteroatoms. The molecule has 0 aliphatic heterocycles. The van der Waals surface area contributed by atoms with E-state index < -0.39 is 0 Å². The van der Waals surface area contributed by atoms with Gasteiger partial charge in [-0.25, -0.2) is 0 Å². The highest BCUT2D eigenvalue weighted by Gasteiger charge is 1.99. The molecule has 0 radical (unpaired) electrons.